The highest BCUT2D eigenvalue weighted by molar-refractivity contribution is 8.00. The molecule has 1 fully saturated rings. The second-order valence-electron chi connectivity index (χ2n) is 6.21. The molecule has 0 bridgehead atoms. The van der Waals surface area contributed by atoms with E-state index in [2.05, 4.69) is 4.98 Å². The molecular weight excluding hydrogens is 369 g/mol. The van der Waals surface area contributed by atoms with Crippen LogP contribution >= 0.6 is 11.8 Å². The van der Waals surface area contributed by atoms with Crippen LogP contribution < -0.4 is 10.5 Å². The van der Waals surface area contributed by atoms with Crippen LogP contribution in [0.5, 0.6) is 5.75 Å². The van der Waals surface area contributed by atoms with E-state index in [1.54, 1.807) is 23.1 Å². The van der Waals surface area contributed by atoms with Gasteiger partial charge in [-0.25, -0.2) is 4.39 Å². The van der Waals surface area contributed by atoms with E-state index in [4.69, 9.17) is 10.5 Å². The predicted octanol–water partition coefficient (Wildman–Crippen LogP) is 2.48. The number of hydrogen-bond acceptors (Lipinski definition) is 5. The third-order valence-corrected chi connectivity index (χ3v) is 5.19. The zero-order valence-electron chi connectivity index (χ0n) is 14.6. The molecule has 1 unspecified atom stereocenters. The Labute approximate surface area is 160 Å². The van der Waals surface area contributed by atoms with Crippen LogP contribution in [0.15, 0.2) is 47.5 Å². The van der Waals surface area contributed by atoms with Crippen molar-refractivity contribution in [3.63, 3.8) is 0 Å². The van der Waals surface area contributed by atoms with Crippen molar-refractivity contribution in [1.82, 2.24) is 9.88 Å². The number of carbonyl (C=O) groups excluding carboxylic acids is 2. The Kier molecular flexibility index (Phi) is 6.28. The quantitative estimate of drug-likeness (QED) is 0.767. The van der Waals surface area contributed by atoms with Crippen molar-refractivity contribution in [2.45, 2.75) is 23.8 Å². The largest absolute Gasteiger partial charge is 0.488 e. The monoisotopic (exact) mass is 389 g/mol. The summed E-state index contributed by atoms with van der Waals surface area (Å²) in [5.74, 6) is -0.0839. The van der Waals surface area contributed by atoms with Gasteiger partial charge >= 0.3 is 0 Å². The fraction of sp³-hybridized carbons (Fsp3) is 0.316. The number of pyridine rings is 1. The third-order valence-electron chi connectivity index (χ3n) is 4.19. The molecule has 142 valence electrons. The van der Waals surface area contributed by atoms with E-state index in [1.165, 1.54) is 36.2 Å². The van der Waals surface area contributed by atoms with Crippen molar-refractivity contribution in [2.24, 2.45) is 5.73 Å². The Morgan fingerprint density at radius 1 is 1.30 bits per heavy atom. The van der Waals surface area contributed by atoms with Crippen molar-refractivity contribution in [2.75, 3.05) is 18.8 Å². The lowest BCUT2D eigenvalue weighted by molar-refractivity contribution is -0.130. The summed E-state index contributed by atoms with van der Waals surface area (Å²) in [7, 11) is 0. The molecule has 1 aromatic heterocycles. The van der Waals surface area contributed by atoms with Gasteiger partial charge in [-0.15, -0.1) is 11.8 Å². The fourth-order valence-corrected chi connectivity index (χ4v) is 3.64. The standard InChI is InChI=1S/C19H20FN3O3S/c20-13-3-5-16(6-4-13)27-12-18(24)23-9-1-2-15(11-23)26-14-7-8-22-17(10-14)19(21)25/h3-8,10,15H,1-2,9,11-12H2,(H2,21,25). The first-order valence-electron chi connectivity index (χ1n) is 8.60. The minimum absolute atomic E-state index is 0.0187. The molecule has 2 N–H and O–H groups in total. The molecule has 3 rings (SSSR count). The molecule has 0 radical (unpaired) electrons. The first kappa shape index (κ1) is 19.2. The van der Waals surface area contributed by atoms with Gasteiger partial charge < -0.3 is 15.4 Å². The number of benzene rings is 1. The molecule has 27 heavy (non-hydrogen) atoms. The molecule has 2 amide bonds. The van der Waals surface area contributed by atoms with E-state index in [0.29, 0.717) is 24.6 Å². The van der Waals surface area contributed by atoms with Gasteiger partial charge in [0, 0.05) is 23.7 Å². The number of piperidine rings is 1. The highest BCUT2D eigenvalue weighted by Gasteiger charge is 2.25. The maximum Gasteiger partial charge on any atom is 0.267 e. The average molecular weight is 389 g/mol. The Balaban J connectivity index is 1.53. The molecule has 1 aliphatic rings. The predicted molar refractivity (Wildman–Crippen MR) is 100 cm³/mol. The number of hydrogen-bond donors (Lipinski definition) is 1. The van der Waals surface area contributed by atoms with E-state index < -0.39 is 5.91 Å². The van der Waals surface area contributed by atoms with Crippen LogP contribution in [-0.2, 0) is 4.79 Å². The first-order chi connectivity index (χ1) is 13.0. The van der Waals surface area contributed by atoms with Crippen molar-refractivity contribution >= 4 is 23.6 Å². The van der Waals surface area contributed by atoms with Gasteiger partial charge in [-0.2, -0.15) is 0 Å². The zero-order chi connectivity index (χ0) is 19.2. The van der Waals surface area contributed by atoms with Crippen molar-refractivity contribution < 1.29 is 18.7 Å². The highest BCUT2D eigenvalue weighted by Crippen LogP contribution is 2.22. The van der Waals surface area contributed by atoms with E-state index >= 15 is 0 Å². The summed E-state index contributed by atoms with van der Waals surface area (Å²) in [5, 5.41) is 0. The summed E-state index contributed by atoms with van der Waals surface area (Å²) >= 11 is 1.38. The van der Waals surface area contributed by atoms with E-state index in [1.807, 2.05) is 0 Å². The van der Waals surface area contributed by atoms with Gasteiger partial charge in [-0.1, -0.05) is 0 Å². The number of ether oxygens (including phenoxy) is 1. The number of halogens is 1. The van der Waals surface area contributed by atoms with Gasteiger partial charge in [0.15, 0.2) is 0 Å². The number of amides is 2. The number of thioether (sulfide) groups is 1. The van der Waals surface area contributed by atoms with E-state index in [0.717, 1.165) is 17.7 Å². The maximum absolute atomic E-state index is 12.9. The van der Waals surface area contributed by atoms with Crippen LogP contribution in [0.4, 0.5) is 4.39 Å². The topological polar surface area (TPSA) is 85.5 Å². The Morgan fingerprint density at radius 2 is 2.07 bits per heavy atom. The molecule has 2 aromatic rings. The number of nitrogens with zero attached hydrogens (tertiary/aromatic N) is 2. The van der Waals surface area contributed by atoms with Crippen LogP contribution in [0.2, 0.25) is 0 Å². The van der Waals surface area contributed by atoms with E-state index in [-0.39, 0.29) is 23.5 Å². The summed E-state index contributed by atoms with van der Waals surface area (Å²) in [4.78, 5) is 30.2. The number of rotatable bonds is 6. The summed E-state index contributed by atoms with van der Waals surface area (Å²) in [6.07, 6.45) is 2.98. The lowest BCUT2D eigenvalue weighted by Gasteiger charge is -2.33. The highest BCUT2D eigenvalue weighted by atomic mass is 32.2. The van der Waals surface area contributed by atoms with Crippen molar-refractivity contribution in [3.05, 3.63) is 54.1 Å². The second kappa shape index (κ2) is 8.85. The van der Waals surface area contributed by atoms with Crippen LogP contribution in [0.1, 0.15) is 23.3 Å². The molecule has 0 aliphatic carbocycles. The zero-order valence-corrected chi connectivity index (χ0v) is 15.5. The first-order valence-corrected chi connectivity index (χ1v) is 9.58. The summed E-state index contributed by atoms with van der Waals surface area (Å²) < 4.78 is 18.9. The average Bonchev–Trinajstić information content (AvgIpc) is 2.67. The Bertz CT molecular complexity index is 816. The van der Waals surface area contributed by atoms with Gasteiger partial charge in [0.1, 0.15) is 23.4 Å². The molecule has 1 atom stereocenters. The molecule has 1 saturated heterocycles. The van der Waals surface area contributed by atoms with Gasteiger partial charge in [0.2, 0.25) is 5.91 Å². The number of aromatic nitrogens is 1. The number of primary amides is 1. The SMILES string of the molecule is NC(=O)c1cc(OC2CCCN(C(=O)CSc3ccc(F)cc3)C2)ccn1. The molecule has 6 nitrogen and oxygen atoms in total. The normalized spacial score (nSPS) is 16.8. The van der Waals surface area contributed by atoms with Crippen LogP contribution in [0.25, 0.3) is 0 Å². The van der Waals surface area contributed by atoms with Gasteiger partial charge in [0.25, 0.3) is 5.91 Å². The molecular formula is C19H20FN3O3S. The molecule has 8 heteroatoms. The number of carbonyl (C=O) groups is 2. The summed E-state index contributed by atoms with van der Waals surface area (Å²) in [6, 6.07) is 9.26. The van der Waals surface area contributed by atoms with Gasteiger partial charge in [-0.3, -0.25) is 14.6 Å². The minimum atomic E-state index is -0.612. The molecule has 1 aliphatic heterocycles. The third kappa shape index (κ3) is 5.43. The lowest BCUT2D eigenvalue weighted by atomic mass is 10.1. The molecule has 1 aromatic carbocycles. The van der Waals surface area contributed by atoms with Gasteiger partial charge in [-0.05, 0) is 43.2 Å². The number of likely N-dealkylation sites (tertiary alicyclic amines) is 1. The Hall–Kier alpha value is -2.61. The van der Waals surface area contributed by atoms with Crippen LogP contribution in [0, 0.1) is 5.82 Å². The van der Waals surface area contributed by atoms with Gasteiger partial charge in [0.05, 0.1) is 12.3 Å². The molecule has 0 spiro atoms. The summed E-state index contributed by atoms with van der Waals surface area (Å²) in [6.45, 7) is 1.17. The van der Waals surface area contributed by atoms with Crippen molar-refractivity contribution in [1.29, 1.82) is 0 Å². The number of nitrogens with two attached hydrogens (primary N) is 1. The van der Waals surface area contributed by atoms with E-state index in [9.17, 15) is 14.0 Å². The Morgan fingerprint density at radius 3 is 2.81 bits per heavy atom. The van der Waals surface area contributed by atoms with Crippen LogP contribution in [0.3, 0.4) is 0 Å². The summed E-state index contributed by atoms with van der Waals surface area (Å²) in [5.41, 5.74) is 5.38. The fourth-order valence-electron chi connectivity index (χ4n) is 2.84. The second-order valence-corrected chi connectivity index (χ2v) is 7.25. The van der Waals surface area contributed by atoms with Crippen molar-refractivity contribution in [3.8, 4) is 5.75 Å². The molecule has 0 saturated carbocycles. The smallest absolute Gasteiger partial charge is 0.267 e. The minimum Gasteiger partial charge on any atom is -0.488 e. The maximum atomic E-state index is 12.9. The van der Waals surface area contributed by atoms with Crippen LogP contribution in [-0.4, -0.2) is 46.6 Å². The molecule has 2 heterocycles. The lowest BCUT2D eigenvalue weighted by Crippen LogP contribution is -2.45.